The molecule has 88 valence electrons. The van der Waals surface area contributed by atoms with Crippen molar-refractivity contribution in [2.45, 2.75) is 45.4 Å². The van der Waals surface area contributed by atoms with Gasteiger partial charge in [0.15, 0.2) is 0 Å². The van der Waals surface area contributed by atoms with Crippen LogP contribution in [0.2, 0.25) is 0 Å². The van der Waals surface area contributed by atoms with Crippen molar-refractivity contribution in [3.63, 3.8) is 0 Å². The monoisotopic (exact) mass is 229 g/mol. The Kier molecular flexibility index (Phi) is 6.90. The smallest absolute Gasteiger partial charge is 0.222 e. The van der Waals surface area contributed by atoms with Gasteiger partial charge in [0.05, 0.1) is 0 Å². The lowest BCUT2D eigenvalue weighted by atomic mass is 10.2. The summed E-state index contributed by atoms with van der Waals surface area (Å²) < 4.78 is 0. The first-order chi connectivity index (χ1) is 7.34. The normalized spacial score (nSPS) is 16.3. The third kappa shape index (κ3) is 5.45. The molecule has 0 aromatic rings. The van der Waals surface area contributed by atoms with Crippen LogP contribution in [0, 0.1) is 0 Å². The number of unbranched alkanes of at least 4 members (excludes halogenated alkanes) is 3. The number of carbonyl (C=O) groups is 1. The molecule has 0 aliphatic carbocycles. The molecule has 1 aliphatic rings. The molecule has 15 heavy (non-hydrogen) atoms. The fourth-order valence-corrected chi connectivity index (χ4v) is 2.81. The van der Waals surface area contributed by atoms with Crippen LogP contribution in [0.5, 0.6) is 0 Å². The number of amides is 1. The first-order valence-corrected chi connectivity index (χ1v) is 7.35. The Morgan fingerprint density at radius 1 is 1.27 bits per heavy atom. The summed E-state index contributed by atoms with van der Waals surface area (Å²) in [7, 11) is 0. The molecule has 0 aromatic carbocycles. The summed E-state index contributed by atoms with van der Waals surface area (Å²) >= 11 is 2.00. The molecular formula is C12H23NOS. The van der Waals surface area contributed by atoms with Crippen molar-refractivity contribution in [2.24, 2.45) is 0 Å². The van der Waals surface area contributed by atoms with E-state index in [1.807, 2.05) is 16.7 Å². The minimum absolute atomic E-state index is 0.363. The molecular weight excluding hydrogens is 206 g/mol. The van der Waals surface area contributed by atoms with Crippen LogP contribution in [-0.2, 0) is 4.79 Å². The van der Waals surface area contributed by atoms with E-state index >= 15 is 0 Å². The fraction of sp³-hybridized carbons (Fsp3) is 0.917. The molecule has 0 aromatic heterocycles. The van der Waals surface area contributed by atoms with E-state index in [0.29, 0.717) is 5.91 Å². The standard InChI is InChI=1S/C12H23NOS/c1-2-3-4-5-10-15-11-9-13-8-6-7-12(13)14/h2-11H2,1H3. The Morgan fingerprint density at radius 2 is 2.13 bits per heavy atom. The minimum Gasteiger partial charge on any atom is -0.342 e. The molecule has 1 aliphatic heterocycles. The van der Waals surface area contributed by atoms with Crippen molar-refractivity contribution in [3.8, 4) is 0 Å². The molecule has 0 unspecified atom stereocenters. The highest BCUT2D eigenvalue weighted by molar-refractivity contribution is 7.99. The van der Waals surface area contributed by atoms with Gasteiger partial charge in [-0.25, -0.2) is 0 Å². The third-order valence-corrected chi connectivity index (χ3v) is 3.87. The summed E-state index contributed by atoms with van der Waals surface area (Å²) in [5.74, 6) is 2.75. The first kappa shape index (κ1) is 12.9. The number of nitrogens with zero attached hydrogens (tertiary/aromatic N) is 1. The molecule has 0 atom stereocenters. The summed E-state index contributed by atoms with van der Waals surface area (Å²) in [5.41, 5.74) is 0. The van der Waals surface area contributed by atoms with Gasteiger partial charge in [-0.05, 0) is 18.6 Å². The molecule has 0 saturated carbocycles. The quantitative estimate of drug-likeness (QED) is 0.596. The highest BCUT2D eigenvalue weighted by atomic mass is 32.2. The van der Waals surface area contributed by atoms with Gasteiger partial charge in [-0.3, -0.25) is 4.79 Å². The van der Waals surface area contributed by atoms with E-state index in [1.54, 1.807) is 0 Å². The molecule has 1 saturated heterocycles. The molecule has 2 nitrogen and oxygen atoms in total. The Morgan fingerprint density at radius 3 is 2.80 bits per heavy atom. The molecule has 0 spiro atoms. The van der Waals surface area contributed by atoms with E-state index in [9.17, 15) is 4.79 Å². The summed E-state index contributed by atoms with van der Waals surface area (Å²) in [5, 5.41) is 0. The Labute approximate surface area is 97.8 Å². The Balaban J connectivity index is 1.86. The zero-order chi connectivity index (χ0) is 10.9. The van der Waals surface area contributed by atoms with Crippen molar-refractivity contribution in [2.75, 3.05) is 24.6 Å². The molecule has 3 heteroatoms. The lowest BCUT2D eigenvalue weighted by Gasteiger charge is -2.14. The zero-order valence-corrected chi connectivity index (χ0v) is 10.7. The molecule has 0 bridgehead atoms. The Bertz CT molecular complexity index is 184. The predicted octanol–water partition coefficient (Wildman–Crippen LogP) is 2.92. The Hall–Kier alpha value is -0.180. The van der Waals surface area contributed by atoms with Crippen LogP contribution < -0.4 is 0 Å². The molecule has 1 fully saturated rings. The highest BCUT2D eigenvalue weighted by Crippen LogP contribution is 2.12. The van der Waals surface area contributed by atoms with Gasteiger partial charge in [0, 0.05) is 25.3 Å². The SMILES string of the molecule is CCCCCCSCCN1CCCC1=O. The van der Waals surface area contributed by atoms with Crippen molar-refractivity contribution in [3.05, 3.63) is 0 Å². The zero-order valence-electron chi connectivity index (χ0n) is 9.83. The second-order valence-corrected chi connectivity index (χ2v) is 5.38. The van der Waals surface area contributed by atoms with Gasteiger partial charge in [0.2, 0.25) is 5.91 Å². The maximum atomic E-state index is 11.3. The van der Waals surface area contributed by atoms with Crippen LogP contribution in [0.15, 0.2) is 0 Å². The van der Waals surface area contributed by atoms with Gasteiger partial charge in [-0.2, -0.15) is 11.8 Å². The van der Waals surface area contributed by atoms with E-state index in [1.165, 1.54) is 31.4 Å². The van der Waals surface area contributed by atoms with Crippen LogP contribution in [0.3, 0.4) is 0 Å². The molecule has 0 N–H and O–H groups in total. The highest BCUT2D eigenvalue weighted by Gasteiger charge is 2.18. The van der Waals surface area contributed by atoms with Crippen molar-refractivity contribution in [1.82, 2.24) is 4.90 Å². The summed E-state index contributed by atoms with van der Waals surface area (Å²) in [6.07, 6.45) is 7.23. The number of rotatable bonds is 8. The van der Waals surface area contributed by atoms with Gasteiger partial charge in [-0.1, -0.05) is 26.2 Å². The molecule has 0 radical (unpaired) electrons. The van der Waals surface area contributed by atoms with E-state index in [-0.39, 0.29) is 0 Å². The molecule has 1 rings (SSSR count). The lowest BCUT2D eigenvalue weighted by molar-refractivity contribution is -0.127. The largest absolute Gasteiger partial charge is 0.342 e. The van der Waals surface area contributed by atoms with E-state index < -0.39 is 0 Å². The van der Waals surface area contributed by atoms with Crippen LogP contribution in [0.25, 0.3) is 0 Å². The van der Waals surface area contributed by atoms with Crippen molar-refractivity contribution >= 4 is 17.7 Å². The van der Waals surface area contributed by atoms with Crippen LogP contribution >= 0.6 is 11.8 Å². The summed E-state index contributed by atoms with van der Waals surface area (Å²) in [6, 6.07) is 0. The van der Waals surface area contributed by atoms with Crippen LogP contribution in [0.1, 0.15) is 45.4 Å². The maximum Gasteiger partial charge on any atom is 0.222 e. The summed E-state index contributed by atoms with van der Waals surface area (Å²) in [4.78, 5) is 13.3. The van der Waals surface area contributed by atoms with Crippen molar-refractivity contribution in [1.29, 1.82) is 0 Å². The topological polar surface area (TPSA) is 20.3 Å². The fourth-order valence-electron chi connectivity index (χ4n) is 1.85. The summed E-state index contributed by atoms with van der Waals surface area (Å²) in [6.45, 7) is 4.21. The first-order valence-electron chi connectivity index (χ1n) is 6.20. The number of carbonyl (C=O) groups excluding carboxylic acids is 1. The number of hydrogen-bond donors (Lipinski definition) is 0. The van der Waals surface area contributed by atoms with E-state index in [0.717, 1.165) is 31.7 Å². The van der Waals surface area contributed by atoms with Crippen LogP contribution in [0.4, 0.5) is 0 Å². The number of hydrogen-bond acceptors (Lipinski definition) is 2. The molecule has 1 heterocycles. The average Bonchev–Trinajstić information content (AvgIpc) is 2.63. The van der Waals surface area contributed by atoms with Crippen LogP contribution in [-0.4, -0.2) is 35.4 Å². The van der Waals surface area contributed by atoms with E-state index in [4.69, 9.17) is 0 Å². The minimum atomic E-state index is 0.363. The predicted molar refractivity (Wildman–Crippen MR) is 67.3 cm³/mol. The van der Waals surface area contributed by atoms with Gasteiger partial charge < -0.3 is 4.90 Å². The van der Waals surface area contributed by atoms with Gasteiger partial charge in [0.1, 0.15) is 0 Å². The third-order valence-electron chi connectivity index (χ3n) is 2.82. The second kappa shape index (κ2) is 8.03. The second-order valence-electron chi connectivity index (χ2n) is 4.16. The number of thioether (sulfide) groups is 1. The van der Waals surface area contributed by atoms with Gasteiger partial charge in [-0.15, -0.1) is 0 Å². The van der Waals surface area contributed by atoms with Gasteiger partial charge >= 0.3 is 0 Å². The lowest BCUT2D eigenvalue weighted by Crippen LogP contribution is -2.26. The average molecular weight is 229 g/mol. The van der Waals surface area contributed by atoms with Gasteiger partial charge in [0.25, 0.3) is 0 Å². The van der Waals surface area contributed by atoms with E-state index in [2.05, 4.69) is 6.92 Å². The van der Waals surface area contributed by atoms with Crippen molar-refractivity contribution < 1.29 is 4.79 Å². The number of likely N-dealkylation sites (tertiary alicyclic amines) is 1. The maximum absolute atomic E-state index is 11.3. The molecule has 1 amide bonds.